The Morgan fingerprint density at radius 1 is 1.47 bits per heavy atom. The molecule has 0 aliphatic rings. The van der Waals surface area contributed by atoms with Crippen LogP contribution in [0.3, 0.4) is 0 Å². The second kappa shape index (κ2) is 5.68. The fourth-order valence-corrected chi connectivity index (χ4v) is 1.52. The number of rotatable bonds is 4. The third-order valence-electron chi connectivity index (χ3n) is 2.18. The zero-order valence-corrected chi connectivity index (χ0v) is 10.7. The smallest absolute Gasteiger partial charge is 0.262 e. The zero-order valence-electron chi connectivity index (χ0n) is 9.94. The van der Waals surface area contributed by atoms with E-state index in [4.69, 9.17) is 16.3 Å². The van der Waals surface area contributed by atoms with Crippen LogP contribution in [0.2, 0.25) is 5.02 Å². The van der Waals surface area contributed by atoms with Gasteiger partial charge in [-0.25, -0.2) is 0 Å². The molecule has 1 rings (SSSR count). The molecule has 0 saturated carbocycles. The van der Waals surface area contributed by atoms with Crippen LogP contribution in [0.4, 0.5) is 0 Å². The van der Waals surface area contributed by atoms with Crippen LogP contribution >= 0.6 is 11.6 Å². The molecule has 0 radical (unpaired) electrons. The molecule has 5 heteroatoms. The number of nitrogens with zero attached hydrogens (tertiary/aromatic N) is 1. The van der Waals surface area contributed by atoms with E-state index in [1.165, 1.54) is 11.0 Å². The summed E-state index contributed by atoms with van der Waals surface area (Å²) >= 11 is 5.93. The van der Waals surface area contributed by atoms with Gasteiger partial charge >= 0.3 is 0 Å². The highest BCUT2D eigenvalue weighted by Gasteiger charge is 2.17. The van der Waals surface area contributed by atoms with E-state index in [-0.39, 0.29) is 5.91 Å². The maximum absolute atomic E-state index is 11.6. The molecule has 0 bridgehead atoms. The van der Waals surface area contributed by atoms with Gasteiger partial charge in [0.1, 0.15) is 12.0 Å². The normalized spacial score (nSPS) is 11.8. The summed E-state index contributed by atoms with van der Waals surface area (Å²) in [5.74, 6) is 0.237. The number of halogens is 1. The van der Waals surface area contributed by atoms with Crippen molar-refractivity contribution in [2.24, 2.45) is 0 Å². The molecule has 0 spiro atoms. The van der Waals surface area contributed by atoms with E-state index in [0.717, 1.165) is 0 Å². The van der Waals surface area contributed by atoms with E-state index in [1.807, 2.05) is 0 Å². The fraction of sp³-hybridized carbons (Fsp3) is 0.333. The Morgan fingerprint density at radius 3 is 2.59 bits per heavy atom. The summed E-state index contributed by atoms with van der Waals surface area (Å²) in [6.45, 7) is 1.65. The first-order valence-electron chi connectivity index (χ1n) is 5.08. The summed E-state index contributed by atoms with van der Waals surface area (Å²) in [4.78, 5) is 23.6. The summed E-state index contributed by atoms with van der Waals surface area (Å²) in [5.41, 5.74) is 0.467. The molecule has 1 atom stereocenters. The molecule has 0 saturated heterocycles. The highest BCUT2D eigenvalue weighted by Crippen LogP contribution is 2.26. The Hall–Kier alpha value is -1.55. The van der Waals surface area contributed by atoms with Crippen molar-refractivity contribution in [2.75, 3.05) is 14.1 Å². The number of aldehydes is 1. The van der Waals surface area contributed by atoms with Crippen molar-refractivity contribution in [1.29, 1.82) is 0 Å². The zero-order chi connectivity index (χ0) is 13.0. The van der Waals surface area contributed by atoms with E-state index in [1.54, 1.807) is 33.2 Å². The first kappa shape index (κ1) is 13.5. The van der Waals surface area contributed by atoms with Gasteiger partial charge in [-0.05, 0) is 25.1 Å². The molecule has 17 heavy (non-hydrogen) atoms. The quantitative estimate of drug-likeness (QED) is 0.773. The lowest BCUT2D eigenvalue weighted by Gasteiger charge is -2.18. The molecule has 1 aromatic carbocycles. The number of hydrogen-bond acceptors (Lipinski definition) is 3. The highest BCUT2D eigenvalue weighted by molar-refractivity contribution is 6.32. The maximum atomic E-state index is 11.6. The minimum Gasteiger partial charge on any atom is -0.479 e. The Kier molecular flexibility index (Phi) is 4.52. The number of ether oxygens (including phenoxy) is 1. The van der Waals surface area contributed by atoms with Crippen LogP contribution in [0.15, 0.2) is 18.2 Å². The minimum absolute atomic E-state index is 0.152. The van der Waals surface area contributed by atoms with E-state index >= 15 is 0 Å². The number of benzene rings is 1. The van der Waals surface area contributed by atoms with Gasteiger partial charge < -0.3 is 9.64 Å². The van der Waals surface area contributed by atoms with E-state index in [2.05, 4.69) is 0 Å². The van der Waals surface area contributed by atoms with E-state index < -0.39 is 6.10 Å². The molecule has 0 heterocycles. The standard InChI is InChI=1S/C12H14ClNO3/c1-8(12(16)14(2)3)17-11-5-4-9(7-15)6-10(11)13/h4-8H,1-3H3. The number of hydrogen-bond donors (Lipinski definition) is 0. The highest BCUT2D eigenvalue weighted by atomic mass is 35.5. The monoisotopic (exact) mass is 255 g/mol. The Labute approximate surface area is 105 Å². The van der Waals surface area contributed by atoms with Gasteiger partial charge in [-0.2, -0.15) is 0 Å². The molecular formula is C12H14ClNO3. The third kappa shape index (κ3) is 3.46. The summed E-state index contributed by atoms with van der Waals surface area (Å²) < 4.78 is 5.43. The van der Waals surface area contributed by atoms with Gasteiger partial charge in [0.15, 0.2) is 6.10 Å². The average Bonchev–Trinajstić information content (AvgIpc) is 2.30. The predicted molar refractivity (Wildman–Crippen MR) is 65.6 cm³/mol. The van der Waals surface area contributed by atoms with Crippen LogP contribution in [-0.4, -0.2) is 37.3 Å². The van der Waals surface area contributed by atoms with Gasteiger partial charge in [0.25, 0.3) is 5.91 Å². The lowest BCUT2D eigenvalue weighted by molar-refractivity contribution is -0.135. The molecule has 4 nitrogen and oxygen atoms in total. The molecule has 0 aliphatic heterocycles. The Bertz CT molecular complexity index is 432. The minimum atomic E-state index is -0.621. The van der Waals surface area contributed by atoms with Crippen LogP contribution in [-0.2, 0) is 4.79 Å². The van der Waals surface area contributed by atoms with Gasteiger partial charge in [-0.3, -0.25) is 9.59 Å². The van der Waals surface area contributed by atoms with Gasteiger partial charge in [0.2, 0.25) is 0 Å². The lowest BCUT2D eigenvalue weighted by Crippen LogP contribution is -2.35. The molecule has 92 valence electrons. The van der Waals surface area contributed by atoms with Crippen molar-refractivity contribution < 1.29 is 14.3 Å². The second-order valence-electron chi connectivity index (χ2n) is 3.80. The average molecular weight is 256 g/mol. The number of carbonyl (C=O) groups is 2. The topological polar surface area (TPSA) is 46.6 Å². The molecule has 1 amide bonds. The predicted octanol–water partition coefficient (Wildman–Crippen LogP) is 2.01. The molecule has 1 unspecified atom stereocenters. The first-order chi connectivity index (χ1) is 7.95. The summed E-state index contributed by atoms with van der Waals surface area (Å²) in [6, 6.07) is 4.66. The van der Waals surface area contributed by atoms with Crippen molar-refractivity contribution in [3.05, 3.63) is 28.8 Å². The number of carbonyl (C=O) groups excluding carboxylic acids is 2. The SMILES string of the molecule is CC(Oc1ccc(C=O)cc1Cl)C(=O)N(C)C. The number of likely N-dealkylation sites (N-methyl/N-ethyl adjacent to an activating group) is 1. The van der Waals surface area contributed by atoms with Gasteiger partial charge in [0, 0.05) is 19.7 Å². The van der Waals surface area contributed by atoms with E-state index in [0.29, 0.717) is 22.6 Å². The summed E-state index contributed by atoms with van der Waals surface area (Å²) in [5, 5.41) is 0.313. The van der Waals surface area contributed by atoms with Gasteiger partial charge in [-0.1, -0.05) is 11.6 Å². The van der Waals surface area contributed by atoms with Crippen molar-refractivity contribution in [2.45, 2.75) is 13.0 Å². The van der Waals surface area contributed by atoms with Crippen molar-refractivity contribution in [1.82, 2.24) is 4.90 Å². The van der Waals surface area contributed by atoms with Crippen LogP contribution in [0, 0.1) is 0 Å². The molecule has 1 aromatic rings. The van der Waals surface area contributed by atoms with Gasteiger partial charge in [0.05, 0.1) is 5.02 Å². The Balaban J connectivity index is 2.82. The number of amides is 1. The molecular weight excluding hydrogens is 242 g/mol. The molecule has 0 aromatic heterocycles. The second-order valence-corrected chi connectivity index (χ2v) is 4.21. The Morgan fingerprint density at radius 2 is 2.12 bits per heavy atom. The lowest BCUT2D eigenvalue weighted by atomic mass is 10.2. The molecule has 0 fully saturated rings. The van der Waals surface area contributed by atoms with Gasteiger partial charge in [-0.15, -0.1) is 0 Å². The molecule has 0 N–H and O–H groups in total. The van der Waals surface area contributed by atoms with E-state index in [9.17, 15) is 9.59 Å². The largest absolute Gasteiger partial charge is 0.479 e. The van der Waals surface area contributed by atoms with Crippen LogP contribution < -0.4 is 4.74 Å². The summed E-state index contributed by atoms with van der Waals surface area (Å²) in [7, 11) is 3.30. The fourth-order valence-electron chi connectivity index (χ4n) is 1.29. The maximum Gasteiger partial charge on any atom is 0.262 e. The van der Waals surface area contributed by atoms with Crippen LogP contribution in [0.5, 0.6) is 5.75 Å². The third-order valence-corrected chi connectivity index (χ3v) is 2.48. The van der Waals surface area contributed by atoms with Crippen molar-refractivity contribution in [3.63, 3.8) is 0 Å². The summed E-state index contributed by atoms with van der Waals surface area (Å²) in [6.07, 6.45) is 0.0777. The van der Waals surface area contributed by atoms with Crippen molar-refractivity contribution in [3.8, 4) is 5.75 Å². The molecule has 0 aliphatic carbocycles. The van der Waals surface area contributed by atoms with Crippen LogP contribution in [0.1, 0.15) is 17.3 Å². The first-order valence-corrected chi connectivity index (χ1v) is 5.46. The van der Waals surface area contributed by atoms with Crippen molar-refractivity contribution >= 4 is 23.8 Å². The van der Waals surface area contributed by atoms with Crippen LogP contribution in [0.25, 0.3) is 0 Å².